The molecule has 0 saturated heterocycles. The van der Waals surface area contributed by atoms with Crippen molar-refractivity contribution in [3.63, 3.8) is 0 Å². The van der Waals surface area contributed by atoms with E-state index in [-0.39, 0.29) is 11.7 Å². The minimum atomic E-state index is -1.08. The van der Waals surface area contributed by atoms with Crippen molar-refractivity contribution in [3.05, 3.63) is 65.5 Å². The molecule has 110 valence electrons. The van der Waals surface area contributed by atoms with E-state index in [0.717, 1.165) is 0 Å². The number of rotatable bonds is 4. The van der Waals surface area contributed by atoms with Gasteiger partial charge in [0, 0.05) is 33.1 Å². The van der Waals surface area contributed by atoms with E-state index in [4.69, 9.17) is 0 Å². The number of carbonyl (C=O) groups excluding carboxylic acids is 1. The van der Waals surface area contributed by atoms with Crippen molar-refractivity contribution < 1.29 is 13.4 Å². The molecule has 0 spiro atoms. The Bertz CT molecular complexity index is 670. The van der Waals surface area contributed by atoms with Crippen molar-refractivity contribution in [1.29, 1.82) is 0 Å². The average Bonchev–Trinajstić information content (AvgIpc) is 2.47. The molecule has 0 aliphatic rings. The van der Waals surface area contributed by atoms with Crippen LogP contribution in [-0.2, 0) is 10.8 Å². The first-order valence-corrected chi connectivity index (χ1v) is 8.03. The normalized spacial score (nSPS) is 13.5. The van der Waals surface area contributed by atoms with E-state index in [2.05, 4.69) is 5.32 Å². The molecule has 0 fully saturated rings. The van der Waals surface area contributed by atoms with Crippen LogP contribution < -0.4 is 5.32 Å². The zero-order valence-electron chi connectivity index (χ0n) is 11.8. The van der Waals surface area contributed by atoms with Gasteiger partial charge in [-0.2, -0.15) is 0 Å². The number of nitrogens with one attached hydrogen (secondary N) is 1. The lowest BCUT2D eigenvalue weighted by atomic mass is 10.1. The summed E-state index contributed by atoms with van der Waals surface area (Å²) >= 11 is 0. The second kappa shape index (κ2) is 6.63. The third-order valence-electron chi connectivity index (χ3n) is 3.17. The van der Waals surface area contributed by atoms with Crippen LogP contribution in [0.2, 0.25) is 0 Å². The van der Waals surface area contributed by atoms with Gasteiger partial charge in [-0.1, -0.05) is 18.2 Å². The van der Waals surface area contributed by atoms with Gasteiger partial charge in [-0.05, 0) is 37.3 Å². The van der Waals surface area contributed by atoms with Gasteiger partial charge in [-0.25, -0.2) is 4.39 Å². The number of halogens is 1. The van der Waals surface area contributed by atoms with Gasteiger partial charge in [0.15, 0.2) is 0 Å². The molecular formula is C16H16FNO2S. The quantitative estimate of drug-likeness (QED) is 0.943. The standard InChI is InChI=1S/C16H16FNO2S/c1-11(14-5-3-4-6-15(14)17)18-16(19)12-7-9-13(10-8-12)21(2)20/h3-11H,1-2H3,(H,18,19)/t11-,21+/m1/s1. The van der Waals surface area contributed by atoms with Crippen LogP contribution in [0, 0.1) is 5.82 Å². The molecule has 0 aliphatic carbocycles. The van der Waals surface area contributed by atoms with E-state index in [1.54, 1.807) is 55.6 Å². The van der Waals surface area contributed by atoms with E-state index in [0.29, 0.717) is 16.0 Å². The van der Waals surface area contributed by atoms with E-state index in [1.165, 1.54) is 6.07 Å². The van der Waals surface area contributed by atoms with Crippen LogP contribution in [0.25, 0.3) is 0 Å². The maximum absolute atomic E-state index is 13.6. The van der Waals surface area contributed by atoms with E-state index in [1.807, 2.05) is 0 Å². The predicted molar refractivity (Wildman–Crippen MR) is 81.1 cm³/mol. The van der Waals surface area contributed by atoms with Crippen LogP contribution in [0.15, 0.2) is 53.4 Å². The van der Waals surface area contributed by atoms with Crippen molar-refractivity contribution in [2.24, 2.45) is 0 Å². The third kappa shape index (κ3) is 3.76. The fourth-order valence-corrected chi connectivity index (χ4v) is 2.50. The fourth-order valence-electron chi connectivity index (χ4n) is 1.98. The summed E-state index contributed by atoms with van der Waals surface area (Å²) < 4.78 is 24.9. The SMILES string of the molecule is C[C@@H](NC(=O)c1ccc([S@](C)=O)cc1)c1ccccc1F. The lowest BCUT2D eigenvalue weighted by Crippen LogP contribution is -2.27. The monoisotopic (exact) mass is 305 g/mol. The second-order valence-corrected chi connectivity index (χ2v) is 6.07. The molecule has 5 heteroatoms. The Hall–Kier alpha value is -2.01. The Labute approximate surface area is 125 Å². The molecule has 2 rings (SSSR count). The largest absolute Gasteiger partial charge is 0.345 e. The Morgan fingerprint density at radius 3 is 2.33 bits per heavy atom. The Balaban J connectivity index is 2.11. The molecule has 3 nitrogen and oxygen atoms in total. The van der Waals surface area contributed by atoms with Gasteiger partial charge in [-0.15, -0.1) is 0 Å². The fraction of sp³-hybridized carbons (Fsp3) is 0.188. The van der Waals surface area contributed by atoms with Gasteiger partial charge < -0.3 is 5.32 Å². The molecule has 1 amide bonds. The highest BCUT2D eigenvalue weighted by Gasteiger charge is 2.14. The van der Waals surface area contributed by atoms with Crippen LogP contribution in [0.3, 0.4) is 0 Å². The van der Waals surface area contributed by atoms with Crippen molar-refractivity contribution in [1.82, 2.24) is 5.32 Å². The van der Waals surface area contributed by atoms with Gasteiger partial charge in [-0.3, -0.25) is 9.00 Å². The van der Waals surface area contributed by atoms with Crippen LogP contribution in [-0.4, -0.2) is 16.4 Å². The first kappa shape index (κ1) is 15.4. The number of hydrogen-bond donors (Lipinski definition) is 1. The first-order chi connectivity index (χ1) is 9.99. The van der Waals surface area contributed by atoms with Crippen molar-refractivity contribution >= 4 is 16.7 Å². The summed E-state index contributed by atoms with van der Waals surface area (Å²) in [6.45, 7) is 1.73. The van der Waals surface area contributed by atoms with Gasteiger partial charge in [0.1, 0.15) is 5.82 Å². The number of hydrogen-bond acceptors (Lipinski definition) is 2. The summed E-state index contributed by atoms with van der Waals surface area (Å²) in [6, 6.07) is 12.4. The molecule has 0 aliphatic heterocycles. The van der Waals surface area contributed by atoms with E-state index in [9.17, 15) is 13.4 Å². The number of carbonyl (C=O) groups is 1. The smallest absolute Gasteiger partial charge is 0.251 e. The molecule has 0 bridgehead atoms. The molecule has 0 heterocycles. The van der Waals surface area contributed by atoms with Crippen LogP contribution >= 0.6 is 0 Å². The highest BCUT2D eigenvalue weighted by molar-refractivity contribution is 7.84. The minimum absolute atomic E-state index is 0.292. The highest BCUT2D eigenvalue weighted by Crippen LogP contribution is 2.17. The van der Waals surface area contributed by atoms with E-state index < -0.39 is 16.8 Å². The van der Waals surface area contributed by atoms with Gasteiger partial charge in [0.25, 0.3) is 5.91 Å². The molecule has 2 aromatic carbocycles. The maximum atomic E-state index is 13.6. The zero-order chi connectivity index (χ0) is 15.4. The molecule has 1 N–H and O–H groups in total. The lowest BCUT2D eigenvalue weighted by molar-refractivity contribution is 0.0939. The van der Waals surface area contributed by atoms with Gasteiger partial charge in [0.05, 0.1) is 6.04 Å². The minimum Gasteiger partial charge on any atom is -0.345 e. The number of benzene rings is 2. The van der Waals surface area contributed by atoms with Crippen LogP contribution in [0.1, 0.15) is 28.9 Å². The number of amides is 1. The Morgan fingerprint density at radius 2 is 1.76 bits per heavy atom. The lowest BCUT2D eigenvalue weighted by Gasteiger charge is -2.15. The summed E-state index contributed by atoms with van der Waals surface area (Å²) in [7, 11) is -1.08. The average molecular weight is 305 g/mol. The Morgan fingerprint density at radius 1 is 1.14 bits per heavy atom. The summed E-state index contributed by atoms with van der Waals surface area (Å²) in [5.74, 6) is -0.638. The van der Waals surface area contributed by atoms with Gasteiger partial charge in [0.2, 0.25) is 0 Å². The van der Waals surface area contributed by atoms with Crippen molar-refractivity contribution in [2.75, 3.05) is 6.26 Å². The second-order valence-electron chi connectivity index (χ2n) is 4.70. The first-order valence-electron chi connectivity index (χ1n) is 6.48. The molecule has 21 heavy (non-hydrogen) atoms. The maximum Gasteiger partial charge on any atom is 0.251 e. The molecular weight excluding hydrogens is 289 g/mol. The highest BCUT2D eigenvalue weighted by atomic mass is 32.2. The molecule has 0 saturated carbocycles. The molecule has 2 aromatic rings. The summed E-state index contributed by atoms with van der Waals surface area (Å²) in [5, 5.41) is 2.75. The summed E-state index contributed by atoms with van der Waals surface area (Å²) in [4.78, 5) is 12.8. The Kier molecular flexibility index (Phi) is 4.85. The molecule has 0 unspecified atom stereocenters. The van der Waals surface area contributed by atoms with Crippen LogP contribution in [0.5, 0.6) is 0 Å². The zero-order valence-corrected chi connectivity index (χ0v) is 12.6. The summed E-state index contributed by atoms with van der Waals surface area (Å²) in [5.41, 5.74) is 0.893. The summed E-state index contributed by atoms with van der Waals surface area (Å²) in [6.07, 6.45) is 1.58. The van der Waals surface area contributed by atoms with Crippen LogP contribution in [0.4, 0.5) is 4.39 Å². The molecule has 0 radical (unpaired) electrons. The topological polar surface area (TPSA) is 46.2 Å². The van der Waals surface area contributed by atoms with Gasteiger partial charge >= 0.3 is 0 Å². The van der Waals surface area contributed by atoms with Crippen molar-refractivity contribution in [3.8, 4) is 0 Å². The van der Waals surface area contributed by atoms with Crippen molar-refractivity contribution in [2.45, 2.75) is 17.9 Å². The molecule has 2 atom stereocenters. The van der Waals surface area contributed by atoms with E-state index >= 15 is 0 Å². The third-order valence-corrected chi connectivity index (χ3v) is 4.10. The predicted octanol–water partition coefficient (Wildman–Crippen LogP) is 3.05. The molecule has 0 aromatic heterocycles.